The number of nitrogens with zero attached hydrogens (tertiary/aromatic N) is 1. The van der Waals surface area contributed by atoms with Crippen LogP contribution in [0.3, 0.4) is 0 Å². The number of hydrogen-bond acceptors (Lipinski definition) is 2. The first kappa shape index (κ1) is 15.0. The number of benzene rings is 1. The standard InChI is InChI=1S/C9H6BrClF4N2O/c10-4-1-5(12)8(18-9(13,14)15)6(2-4)17-7(16)3-11/h1-2H,3H2,(H2,16,17). The van der Waals surface area contributed by atoms with E-state index in [9.17, 15) is 17.6 Å². The first-order valence-corrected chi connectivity index (χ1v) is 5.69. The predicted molar refractivity (Wildman–Crippen MR) is 62.8 cm³/mol. The van der Waals surface area contributed by atoms with Gasteiger partial charge in [-0.05, 0) is 12.1 Å². The fourth-order valence-electron chi connectivity index (χ4n) is 1.03. The monoisotopic (exact) mass is 348 g/mol. The molecule has 18 heavy (non-hydrogen) atoms. The van der Waals surface area contributed by atoms with Gasteiger partial charge in [-0.1, -0.05) is 15.9 Å². The first-order chi connectivity index (χ1) is 8.23. The Balaban J connectivity index is 3.30. The quantitative estimate of drug-likeness (QED) is 0.391. The van der Waals surface area contributed by atoms with E-state index in [-0.39, 0.29) is 16.2 Å². The van der Waals surface area contributed by atoms with Crippen LogP contribution in [0.2, 0.25) is 0 Å². The molecule has 3 nitrogen and oxygen atoms in total. The third-order valence-corrected chi connectivity index (χ3v) is 2.34. The Morgan fingerprint density at radius 1 is 1.44 bits per heavy atom. The maximum atomic E-state index is 13.4. The SMILES string of the molecule is NC(CCl)=Nc1cc(Br)cc(F)c1OC(F)(F)F. The molecule has 1 aromatic carbocycles. The number of hydrogen-bond donors (Lipinski definition) is 1. The van der Waals surface area contributed by atoms with Crippen LogP contribution in [0.25, 0.3) is 0 Å². The molecule has 0 amide bonds. The van der Waals surface area contributed by atoms with Crippen LogP contribution in [-0.4, -0.2) is 18.1 Å². The minimum absolute atomic E-state index is 0.166. The number of halogens is 6. The zero-order valence-electron chi connectivity index (χ0n) is 8.56. The van der Waals surface area contributed by atoms with E-state index in [2.05, 4.69) is 25.7 Å². The minimum Gasteiger partial charge on any atom is -0.400 e. The molecule has 0 saturated heterocycles. The summed E-state index contributed by atoms with van der Waals surface area (Å²) in [4.78, 5) is 3.55. The molecule has 0 saturated carbocycles. The van der Waals surface area contributed by atoms with E-state index in [4.69, 9.17) is 17.3 Å². The van der Waals surface area contributed by atoms with Crippen molar-refractivity contribution in [3.63, 3.8) is 0 Å². The molecule has 0 aliphatic carbocycles. The van der Waals surface area contributed by atoms with Crippen molar-refractivity contribution in [3.05, 3.63) is 22.4 Å². The van der Waals surface area contributed by atoms with E-state index in [0.29, 0.717) is 0 Å². The lowest BCUT2D eigenvalue weighted by Gasteiger charge is -2.12. The second kappa shape index (κ2) is 5.75. The van der Waals surface area contributed by atoms with E-state index >= 15 is 0 Å². The van der Waals surface area contributed by atoms with Crippen LogP contribution in [-0.2, 0) is 0 Å². The summed E-state index contributed by atoms with van der Waals surface area (Å²) in [6, 6.07) is 1.94. The molecule has 0 heterocycles. The average Bonchev–Trinajstić information content (AvgIpc) is 2.21. The minimum atomic E-state index is -5.03. The number of amidine groups is 1. The molecule has 0 unspecified atom stereocenters. The highest BCUT2D eigenvalue weighted by Gasteiger charge is 2.34. The number of aliphatic imine (C=N–C) groups is 1. The summed E-state index contributed by atoms with van der Waals surface area (Å²) in [5.74, 6) is -2.65. The lowest BCUT2D eigenvalue weighted by atomic mass is 10.3. The summed E-state index contributed by atoms with van der Waals surface area (Å²) < 4.78 is 53.5. The van der Waals surface area contributed by atoms with Crippen LogP contribution in [0.5, 0.6) is 5.75 Å². The molecule has 1 rings (SSSR count). The van der Waals surface area contributed by atoms with Gasteiger partial charge in [0.25, 0.3) is 0 Å². The summed E-state index contributed by atoms with van der Waals surface area (Å²) in [7, 11) is 0. The summed E-state index contributed by atoms with van der Waals surface area (Å²) in [5, 5.41) is 0. The van der Waals surface area contributed by atoms with Gasteiger partial charge in [-0.3, -0.25) is 0 Å². The third-order valence-electron chi connectivity index (χ3n) is 1.61. The highest BCUT2D eigenvalue weighted by atomic mass is 79.9. The number of rotatable bonds is 3. The average molecular weight is 350 g/mol. The second-order valence-electron chi connectivity index (χ2n) is 3.02. The number of alkyl halides is 4. The maximum absolute atomic E-state index is 13.4. The van der Waals surface area contributed by atoms with Crippen molar-refractivity contribution in [3.8, 4) is 5.75 Å². The van der Waals surface area contributed by atoms with Gasteiger partial charge in [0, 0.05) is 4.47 Å². The van der Waals surface area contributed by atoms with E-state index in [1.807, 2.05) is 0 Å². The molecule has 9 heteroatoms. The van der Waals surface area contributed by atoms with E-state index in [1.54, 1.807) is 0 Å². The van der Waals surface area contributed by atoms with Crippen molar-refractivity contribution in [1.82, 2.24) is 0 Å². The van der Waals surface area contributed by atoms with Crippen LogP contribution in [0, 0.1) is 5.82 Å². The van der Waals surface area contributed by atoms with Gasteiger partial charge in [-0.25, -0.2) is 9.38 Å². The summed E-state index contributed by atoms with van der Waals surface area (Å²) in [5.41, 5.74) is 4.88. The fourth-order valence-corrected chi connectivity index (χ4v) is 1.51. The number of ether oxygens (including phenoxy) is 1. The summed E-state index contributed by atoms with van der Waals surface area (Å²) in [6.45, 7) is 0. The normalized spacial score (nSPS) is 12.7. The largest absolute Gasteiger partial charge is 0.573 e. The molecule has 0 aliphatic rings. The molecular formula is C9H6BrClF4N2O. The Morgan fingerprint density at radius 3 is 2.56 bits per heavy atom. The van der Waals surface area contributed by atoms with Crippen LogP contribution >= 0.6 is 27.5 Å². The third kappa shape index (κ3) is 4.34. The smallest absolute Gasteiger partial charge is 0.400 e. The van der Waals surface area contributed by atoms with Crippen molar-refractivity contribution < 1.29 is 22.3 Å². The molecule has 0 bridgehead atoms. The van der Waals surface area contributed by atoms with Gasteiger partial charge in [-0.2, -0.15) is 0 Å². The first-order valence-electron chi connectivity index (χ1n) is 4.36. The van der Waals surface area contributed by atoms with E-state index < -0.39 is 23.6 Å². The lowest BCUT2D eigenvalue weighted by Crippen LogP contribution is -2.18. The molecule has 2 N–H and O–H groups in total. The Labute approximate surface area is 113 Å². The van der Waals surface area contributed by atoms with Gasteiger partial charge in [0.15, 0.2) is 11.6 Å². The van der Waals surface area contributed by atoms with Gasteiger partial charge in [0.2, 0.25) is 0 Å². The molecule has 0 atom stereocenters. The Hall–Kier alpha value is -1.02. The Kier molecular flexibility index (Phi) is 4.80. The molecule has 0 spiro atoms. The van der Waals surface area contributed by atoms with Gasteiger partial charge < -0.3 is 10.5 Å². The molecular weight excluding hydrogens is 343 g/mol. The highest BCUT2D eigenvalue weighted by molar-refractivity contribution is 9.10. The van der Waals surface area contributed by atoms with Crippen LogP contribution in [0.15, 0.2) is 21.6 Å². The Morgan fingerprint density at radius 2 is 2.06 bits per heavy atom. The zero-order chi connectivity index (χ0) is 13.9. The van der Waals surface area contributed by atoms with E-state index in [1.165, 1.54) is 0 Å². The van der Waals surface area contributed by atoms with Crippen LogP contribution < -0.4 is 10.5 Å². The van der Waals surface area contributed by atoms with Gasteiger partial charge in [-0.15, -0.1) is 24.8 Å². The maximum Gasteiger partial charge on any atom is 0.573 e. The molecule has 0 radical (unpaired) electrons. The fraction of sp³-hybridized carbons (Fsp3) is 0.222. The van der Waals surface area contributed by atoms with Crippen molar-refractivity contribution in [2.45, 2.75) is 6.36 Å². The molecule has 100 valence electrons. The van der Waals surface area contributed by atoms with Gasteiger partial charge in [0.05, 0.1) is 5.88 Å². The zero-order valence-corrected chi connectivity index (χ0v) is 10.9. The van der Waals surface area contributed by atoms with Gasteiger partial charge >= 0.3 is 6.36 Å². The molecule has 0 aromatic heterocycles. The lowest BCUT2D eigenvalue weighted by molar-refractivity contribution is -0.275. The van der Waals surface area contributed by atoms with Crippen molar-refractivity contribution in [2.24, 2.45) is 10.7 Å². The topological polar surface area (TPSA) is 47.6 Å². The van der Waals surface area contributed by atoms with Crippen LogP contribution in [0.1, 0.15) is 0 Å². The van der Waals surface area contributed by atoms with Crippen LogP contribution in [0.4, 0.5) is 23.2 Å². The number of nitrogens with two attached hydrogens (primary N) is 1. The summed E-state index contributed by atoms with van der Waals surface area (Å²) >= 11 is 8.26. The predicted octanol–water partition coefficient (Wildman–Crippen LogP) is 3.71. The van der Waals surface area contributed by atoms with E-state index in [0.717, 1.165) is 12.1 Å². The molecule has 1 aromatic rings. The van der Waals surface area contributed by atoms with Gasteiger partial charge in [0.1, 0.15) is 11.5 Å². The second-order valence-corrected chi connectivity index (χ2v) is 4.20. The Bertz CT molecular complexity index is 478. The molecule has 0 aliphatic heterocycles. The van der Waals surface area contributed by atoms with Crippen molar-refractivity contribution in [1.29, 1.82) is 0 Å². The van der Waals surface area contributed by atoms with Crippen molar-refractivity contribution >= 4 is 39.1 Å². The molecule has 0 fully saturated rings. The highest BCUT2D eigenvalue weighted by Crippen LogP contribution is 2.37. The summed E-state index contributed by atoms with van der Waals surface area (Å²) in [6.07, 6.45) is -5.03. The van der Waals surface area contributed by atoms with Crippen molar-refractivity contribution in [2.75, 3.05) is 5.88 Å².